The van der Waals surface area contributed by atoms with Crippen LogP contribution in [0.25, 0.3) is 6.08 Å². The minimum atomic E-state index is -0.772. The summed E-state index contributed by atoms with van der Waals surface area (Å²) in [6.07, 6.45) is 5.87. The number of aromatic nitrogens is 1. The molecule has 2 aromatic heterocycles. The average Bonchev–Trinajstić information content (AvgIpc) is 3.51. The number of carbonyl (C=O) groups is 3. The lowest BCUT2D eigenvalue weighted by Gasteiger charge is -2.25. The first-order valence-electron chi connectivity index (χ1n) is 11.3. The molecule has 1 N–H and O–H groups in total. The minimum absolute atomic E-state index is 0.0625. The molecular formula is C26H27N3O5. The van der Waals surface area contributed by atoms with Crippen LogP contribution in [0.4, 0.5) is 4.79 Å². The number of imide groups is 2. The second kappa shape index (κ2) is 10.2. The molecule has 1 fully saturated rings. The van der Waals surface area contributed by atoms with E-state index in [1.54, 1.807) is 18.2 Å². The number of nitrogens with one attached hydrogen (secondary N) is 1. The van der Waals surface area contributed by atoms with Crippen molar-refractivity contribution in [2.24, 2.45) is 0 Å². The van der Waals surface area contributed by atoms with Crippen molar-refractivity contribution in [1.82, 2.24) is 14.8 Å². The molecule has 1 aliphatic rings. The fourth-order valence-electron chi connectivity index (χ4n) is 3.70. The first-order chi connectivity index (χ1) is 16.5. The van der Waals surface area contributed by atoms with E-state index < -0.39 is 17.8 Å². The molecule has 3 heterocycles. The van der Waals surface area contributed by atoms with E-state index in [2.05, 4.69) is 31.3 Å². The molecule has 0 saturated carbocycles. The van der Waals surface area contributed by atoms with Gasteiger partial charge in [-0.1, -0.05) is 26.0 Å². The summed E-state index contributed by atoms with van der Waals surface area (Å²) < 4.78 is 13.0. The number of benzene rings is 1. The third-order valence-corrected chi connectivity index (χ3v) is 5.90. The van der Waals surface area contributed by atoms with Crippen LogP contribution in [-0.2, 0) is 22.7 Å². The summed E-state index contributed by atoms with van der Waals surface area (Å²) in [5, 5.41) is 2.22. The van der Waals surface area contributed by atoms with Crippen molar-refractivity contribution in [3.63, 3.8) is 0 Å². The second-order valence-corrected chi connectivity index (χ2v) is 8.14. The molecular weight excluding hydrogens is 434 g/mol. The number of urea groups is 1. The van der Waals surface area contributed by atoms with Gasteiger partial charge >= 0.3 is 6.03 Å². The highest BCUT2D eigenvalue weighted by Gasteiger charge is 2.36. The van der Waals surface area contributed by atoms with Crippen molar-refractivity contribution in [3.8, 4) is 5.75 Å². The summed E-state index contributed by atoms with van der Waals surface area (Å²) >= 11 is 0. The van der Waals surface area contributed by atoms with Crippen molar-refractivity contribution in [2.45, 2.75) is 39.3 Å². The number of amides is 4. The van der Waals surface area contributed by atoms with Crippen LogP contribution in [0.1, 0.15) is 43.2 Å². The molecule has 0 radical (unpaired) electrons. The molecule has 34 heavy (non-hydrogen) atoms. The molecule has 8 nitrogen and oxygen atoms in total. The van der Waals surface area contributed by atoms with Gasteiger partial charge in [-0.3, -0.25) is 19.8 Å². The van der Waals surface area contributed by atoms with E-state index in [0.29, 0.717) is 30.5 Å². The van der Waals surface area contributed by atoms with E-state index in [0.717, 1.165) is 17.1 Å². The Morgan fingerprint density at radius 3 is 2.59 bits per heavy atom. The van der Waals surface area contributed by atoms with E-state index in [-0.39, 0.29) is 12.1 Å². The molecule has 1 unspecified atom stereocenters. The fraction of sp³-hybridized carbons (Fsp3) is 0.269. The van der Waals surface area contributed by atoms with Gasteiger partial charge in [-0.05, 0) is 60.4 Å². The molecule has 0 bridgehead atoms. The number of ether oxygens (including phenoxy) is 1. The summed E-state index contributed by atoms with van der Waals surface area (Å²) in [7, 11) is 0. The predicted molar refractivity (Wildman–Crippen MR) is 126 cm³/mol. The van der Waals surface area contributed by atoms with Crippen LogP contribution >= 0.6 is 0 Å². The molecule has 1 atom stereocenters. The highest BCUT2D eigenvalue weighted by Crippen LogP contribution is 2.22. The average molecular weight is 462 g/mol. The van der Waals surface area contributed by atoms with Crippen molar-refractivity contribution in [2.75, 3.05) is 6.61 Å². The highest BCUT2D eigenvalue weighted by atomic mass is 16.5. The zero-order valence-electron chi connectivity index (χ0n) is 19.2. The number of hydrogen-bond acceptors (Lipinski definition) is 5. The maximum atomic E-state index is 12.9. The summed E-state index contributed by atoms with van der Waals surface area (Å²) in [6.45, 7) is 5.23. The number of nitrogens with zero attached hydrogens (tertiary/aromatic N) is 2. The van der Waals surface area contributed by atoms with Gasteiger partial charge in [0.1, 0.15) is 23.7 Å². The third kappa shape index (κ3) is 5.11. The molecule has 4 rings (SSSR count). The quantitative estimate of drug-likeness (QED) is 0.378. The lowest BCUT2D eigenvalue weighted by Crippen LogP contribution is -2.53. The van der Waals surface area contributed by atoms with Crippen LogP contribution in [0.2, 0.25) is 0 Å². The molecule has 176 valence electrons. The Kier molecular flexibility index (Phi) is 6.96. The Hall–Kier alpha value is -4.07. The van der Waals surface area contributed by atoms with E-state index in [1.165, 1.54) is 17.9 Å². The molecule has 4 amide bonds. The van der Waals surface area contributed by atoms with E-state index in [9.17, 15) is 14.4 Å². The van der Waals surface area contributed by atoms with Crippen LogP contribution in [-0.4, -0.2) is 33.9 Å². The summed E-state index contributed by atoms with van der Waals surface area (Å²) in [6, 6.07) is 14.3. The molecule has 1 saturated heterocycles. The van der Waals surface area contributed by atoms with Gasteiger partial charge in [0.05, 0.1) is 19.4 Å². The second-order valence-electron chi connectivity index (χ2n) is 8.14. The molecule has 0 aliphatic carbocycles. The molecule has 0 spiro atoms. The summed E-state index contributed by atoms with van der Waals surface area (Å²) in [4.78, 5) is 38.4. The largest absolute Gasteiger partial charge is 0.492 e. The Morgan fingerprint density at radius 2 is 1.88 bits per heavy atom. The Labute approximate surface area is 197 Å². The standard InChI is InChI=1S/C26H27N3O5/c1-3-18(2)19-8-10-21(11-9-19)34-15-13-28-12-4-6-20(28)16-23-24(30)27-26(32)29(25(23)31)17-22-7-5-14-33-22/h4-12,14,16,18H,3,13,15,17H2,1-2H3,(H,27,30,32)/b23-16-. The Bertz CT molecular complexity index is 1190. The molecule has 1 aliphatic heterocycles. The molecule has 8 heteroatoms. The van der Waals surface area contributed by atoms with E-state index >= 15 is 0 Å². The summed E-state index contributed by atoms with van der Waals surface area (Å²) in [5.74, 6) is 0.337. The van der Waals surface area contributed by atoms with Gasteiger partial charge < -0.3 is 13.7 Å². The number of carbonyl (C=O) groups excluding carboxylic acids is 3. The van der Waals surface area contributed by atoms with E-state index in [4.69, 9.17) is 9.15 Å². The maximum absolute atomic E-state index is 12.9. The predicted octanol–water partition coefficient (Wildman–Crippen LogP) is 4.34. The van der Waals surface area contributed by atoms with Gasteiger partial charge in [-0.2, -0.15) is 0 Å². The van der Waals surface area contributed by atoms with Crippen LogP contribution in [0.3, 0.4) is 0 Å². The van der Waals surface area contributed by atoms with Crippen molar-refractivity contribution in [3.05, 3.63) is 83.6 Å². The molecule has 3 aromatic rings. The van der Waals surface area contributed by atoms with Crippen molar-refractivity contribution < 1.29 is 23.5 Å². The number of rotatable bonds is 9. The van der Waals surface area contributed by atoms with E-state index in [1.807, 2.05) is 29.0 Å². The zero-order valence-corrected chi connectivity index (χ0v) is 19.2. The van der Waals surface area contributed by atoms with Crippen molar-refractivity contribution >= 4 is 23.9 Å². The van der Waals surface area contributed by atoms with Gasteiger partial charge in [0.2, 0.25) is 0 Å². The van der Waals surface area contributed by atoms with Crippen LogP contribution in [0.5, 0.6) is 5.75 Å². The highest BCUT2D eigenvalue weighted by molar-refractivity contribution is 6.30. The van der Waals surface area contributed by atoms with Crippen LogP contribution < -0.4 is 10.1 Å². The lowest BCUT2D eigenvalue weighted by atomic mass is 9.99. The fourth-order valence-corrected chi connectivity index (χ4v) is 3.70. The number of hydrogen-bond donors (Lipinski definition) is 1. The number of furan rings is 1. The number of barbiturate groups is 1. The van der Waals surface area contributed by atoms with Crippen molar-refractivity contribution in [1.29, 1.82) is 0 Å². The monoisotopic (exact) mass is 461 g/mol. The minimum Gasteiger partial charge on any atom is -0.492 e. The van der Waals surface area contributed by atoms with Crippen LogP contribution in [0.15, 0.2) is 71.0 Å². The first-order valence-corrected chi connectivity index (χ1v) is 11.3. The maximum Gasteiger partial charge on any atom is 0.331 e. The SMILES string of the molecule is CCC(C)c1ccc(OCCn2cccc2/C=C2/C(=O)NC(=O)N(Cc3ccco3)C2=O)cc1. The lowest BCUT2D eigenvalue weighted by molar-refractivity contribution is -0.130. The third-order valence-electron chi connectivity index (χ3n) is 5.90. The first kappa shape index (κ1) is 23.1. The molecule has 1 aromatic carbocycles. The zero-order chi connectivity index (χ0) is 24.1. The van der Waals surface area contributed by atoms with Gasteiger partial charge in [0, 0.05) is 11.9 Å². The normalized spacial score (nSPS) is 16.1. The summed E-state index contributed by atoms with van der Waals surface area (Å²) in [5.41, 5.74) is 1.82. The Balaban J connectivity index is 1.42. The van der Waals surface area contributed by atoms with Crippen LogP contribution in [0, 0.1) is 0 Å². The van der Waals surface area contributed by atoms with Gasteiger partial charge in [-0.15, -0.1) is 0 Å². The van der Waals surface area contributed by atoms with Gasteiger partial charge in [0.15, 0.2) is 0 Å². The van der Waals surface area contributed by atoms with Gasteiger partial charge in [-0.25, -0.2) is 4.79 Å². The topological polar surface area (TPSA) is 93.8 Å². The van der Waals surface area contributed by atoms with Gasteiger partial charge in [0.25, 0.3) is 11.8 Å². The smallest absolute Gasteiger partial charge is 0.331 e. The Morgan fingerprint density at radius 1 is 1.09 bits per heavy atom.